The van der Waals surface area contributed by atoms with Gasteiger partial charge in [0.2, 0.25) is 0 Å². The summed E-state index contributed by atoms with van der Waals surface area (Å²) >= 11 is 2.79. The first-order valence-electron chi connectivity index (χ1n) is 0.783. The van der Waals surface area contributed by atoms with Crippen LogP contribution in [0.1, 0.15) is 0 Å². The summed E-state index contributed by atoms with van der Waals surface area (Å²) in [6, 6.07) is 0. The molecule has 0 aliphatic heterocycles. The Labute approximate surface area is 69.7 Å². The third kappa shape index (κ3) is 90.3. The zero-order valence-corrected chi connectivity index (χ0v) is 3.99. The van der Waals surface area contributed by atoms with Crippen molar-refractivity contribution >= 4 is 55.5 Å². The summed E-state index contributed by atoms with van der Waals surface area (Å²) in [6.07, 6.45) is 0. The van der Waals surface area contributed by atoms with E-state index in [1.807, 2.05) is 0 Å². The van der Waals surface area contributed by atoms with Crippen molar-refractivity contribution in [3.8, 4) is 0 Å². The Kier molecular flexibility index (Phi) is 13.1. The van der Waals surface area contributed by atoms with E-state index in [1.54, 1.807) is 0 Å². The van der Waals surface area contributed by atoms with E-state index in [4.69, 9.17) is 9.79 Å². The van der Waals surface area contributed by atoms with Crippen LogP contribution in [0.2, 0.25) is 0 Å². The van der Waals surface area contributed by atoms with Crippen LogP contribution in [-0.2, 0) is 4.57 Å². The van der Waals surface area contributed by atoms with Gasteiger partial charge in [0.25, 0.3) is 0 Å². The van der Waals surface area contributed by atoms with Gasteiger partial charge in [-0.1, -0.05) is 12.2 Å². The molecule has 0 rings (SSSR count). The second kappa shape index (κ2) is 5.77. The molecule has 0 unspecified atom stereocenters. The first kappa shape index (κ1) is 15.9. The van der Waals surface area contributed by atoms with E-state index in [2.05, 4.69) is 12.2 Å². The summed E-state index contributed by atoms with van der Waals surface area (Å²) < 4.78 is 9.19. The van der Waals surface area contributed by atoms with Crippen LogP contribution in [0.3, 0.4) is 0 Å². The molecule has 0 amide bonds. The van der Waals surface area contributed by atoms with Gasteiger partial charge in [-0.2, -0.15) is 0 Å². The van der Waals surface area contributed by atoms with Crippen molar-refractivity contribution in [2.45, 2.75) is 0 Å². The summed E-state index contributed by atoms with van der Waals surface area (Å²) in [5.41, 5.74) is 0. The summed E-state index contributed by atoms with van der Waals surface area (Å²) in [4.78, 5) is 15.0. The van der Waals surface area contributed by atoms with Gasteiger partial charge in [0.1, 0.15) is 0 Å². The fourth-order valence-electron chi connectivity index (χ4n) is 0. The minimum absolute atomic E-state index is 0. The summed E-state index contributed by atoms with van der Waals surface area (Å²) in [7, 11) is 0. The Morgan fingerprint density at radius 2 is 1.43 bits per heavy atom. The van der Waals surface area contributed by atoms with Gasteiger partial charge in [0.15, 0.2) is 0 Å². The second-order valence-electron chi connectivity index (χ2n) is 0.513. The predicted octanol–water partition coefficient (Wildman–Crippen LogP) is -2.09. The van der Waals surface area contributed by atoms with Gasteiger partial charge in [-0.3, -0.25) is 0 Å². The molecule has 0 spiro atoms. The zero-order chi connectivity index (χ0) is 4.50. The van der Waals surface area contributed by atoms with E-state index in [1.165, 1.54) is 0 Å². The molecule has 0 radical (unpaired) electrons. The molecule has 3 nitrogen and oxygen atoms in total. The second-order valence-corrected chi connectivity index (χ2v) is 3.10. The van der Waals surface area contributed by atoms with Crippen molar-refractivity contribution in [1.29, 1.82) is 0 Å². The normalized spacial score (nSPS) is 8.43. The summed E-state index contributed by atoms with van der Waals surface area (Å²) in [5.74, 6) is 0. The van der Waals surface area contributed by atoms with Crippen molar-refractivity contribution < 1.29 is 14.4 Å². The van der Waals surface area contributed by atoms with Gasteiger partial charge in [0, 0.05) is 0 Å². The average molecular weight is 199 g/mol. The molecule has 7 heavy (non-hydrogen) atoms. The number of hydrogen-bond donors (Lipinski definition) is 3. The van der Waals surface area contributed by atoms with Crippen LogP contribution < -0.4 is 0 Å². The topological polar surface area (TPSA) is 57.5 Å². The Balaban J connectivity index is -0.0000000800. The van der Waals surface area contributed by atoms with Crippen LogP contribution in [0.4, 0.5) is 0 Å². The van der Waals surface area contributed by atoms with Crippen LogP contribution >= 0.6 is 19.0 Å². The number of rotatable bonds is 0. The third-order valence-electron chi connectivity index (χ3n) is 0. The van der Waals surface area contributed by atoms with E-state index < -0.39 is 6.80 Å². The van der Waals surface area contributed by atoms with Crippen LogP contribution in [-0.4, -0.2) is 46.2 Å². The van der Waals surface area contributed by atoms with Crippen molar-refractivity contribution in [3.05, 3.63) is 0 Å². The molecular weight excluding hydrogens is 191 g/mol. The maximum atomic E-state index is 9.19. The Bertz CT molecular complexity index is 61.1. The molecule has 0 fully saturated rings. The van der Waals surface area contributed by atoms with Gasteiger partial charge in [-0.05, 0) is 0 Å². The molecule has 0 aromatic heterocycles. The maximum absolute atomic E-state index is 9.19. The summed E-state index contributed by atoms with van der Waals surface area (Å²) in [5, 5.41) is 0. The Morgan fingerprint density at radius 3 is 1.43 bits per heavy atom. The van der Waals surface area contributed by atoms with Crippen LogP contribution in [0.15, 0.2) is 0 Å². The first-order valence-corrected chi connectivity index (χ1v) is 3.55. The average Bonchev–Trinajstić information content (AvgIpc) is 0.722. The van der Waals surface area contributed by atoms with Crippen LogP contribution in [0.5, 0.6) is 0 Å². The molecule has 42 valence electrons. The van der Waals surface area contributed by atoms with Gasteiger partial charge in [0.05, 0.1) is 0 Å². The third-order valence-corrected chi connectivity index (χ3v) is 0. The quantitative estimate of drug-likeness (QED) is 0.238. The Morgan fingerprint density at radius 1 is 1.43 bits per heavy atom. The molecule has 0 saturated carbocycles. The fraction of sp³-hybridized carbons (Fsp3) is 0. The zero-order valence-electron chi connectivity index (χ0n) is 2.20. The van der Waals surface area contributed by atoms with Gasteiger partial charge in [-0.25, -0.2) is 4.57 Å². The molecule has 0 heterocycles. The molecule has 0 aliphatic carbocycles. The molecule has 0 aromatic carbocycles. The standard InChI is InChI=1S/GeH4.Li.H3O3PS.H/c;;1-4(2,3)5;/h1H4;;(H3,1,2,3,5);. The van der Waals surface area contributed by atoms with Crippen molar-refractivity contribution in [1.82, 2.24) is 0 Å². The number of thiol groups is 1. The first-order chi connectivity index (χ1) is 2.00. The van der Waals surface area contributed by atoms with Crippen molar-refractivity contribution in [2.75, 3.05) is 0 Å². The van der Waals surface area contributed by atoms with Gasteiger partial charge >= 0.3 is 43.3 Å². The molecule has 2 N–H and O–H groups in total. The van der Waals surface area contributed by atoms with Crippen molar-refractivity contribution in [2.24, 2.45) is 0 Å². The Hall–Kier alpha value is 1.64. The molecule has 0 bridgehead atoms. The molecule has 7 heteroatoms. The van der Waals surface area contributed by atoms with Gasteiger partial charge in [-0.15, -0.1) is 0 Å². The van der Waals surface area contributed by atoms with E-state index in [0.717, 1.165) is 0 Å². The van der Waals surface area contributed by atoms with Crippen LogP contribution in [0.25, 0.3) is 0 Å². The molecular formula is H8GeLiO3PS. The molecule has 0 atom stereocenters. The monoisotopic (exact) mass is 200 g/mol. The van der Waals surface area contributed by atoms with E-state index >= 15 is 0 Å². The number of hydrogen-bond acceptors (Lipinski definition) is 1. The summed E-state index contributed by atoms with van der Waals surface area (Å²) in [6.45, 7) is -3.94. The van der Waals surface area contributed by atoms with E-state index in [9.17, 15) is 4.57 Å². The van der Waals surface area contributed by atoms with Gasteiger partial charge < -0.3 is 9.79 Å². The minimum atomic E-state index is -3.94. The fourth-order valence-corrected chi connectivity index (χ4v) is 0. The molecule has 0 saturated heterocycles. The molecule has 0 aliphatic rings. The SMILES string of the molecule is O=P(O)(O)S.[GeH4].[LiH]. The molecule has 0 aromatic rings. The van der Waals surface area contributed by atoms with Crippen LogP contribution in [0, 0.1) is 0 Å². The van der Waals surface area contributed by atoms with E-state index in [-0.39, 0.29) is 36.5 Å². The predicted molar refractivity (Wildman–Crippen MR) is 39.5 cm³/mol. The van der Waals surface area contributed by atoms with Crippen molar-refractivity contribution in [3.63, 3.8) is 0 Å². The van der Waals surface area contributed by atoms with E-state index in [0.29, 0.717) is 0 Å².